The number of anilines is 2. The molecule has 2 rings (SSSR count). The van der Waals surface area contributed by atoms with Gasteiger partial charge in [0.1, 0.15) is 11.6 Å². The summed E-state index contributed by atoms with van der Waals surface area (Å²) in [6.07, 6.45) is -0.536. The summed E-state index contributed by atoms with van der Waals surface area (Å²) in [5.41, 5.74) is 0.901. The fourth-order valence-corrected chi connectivity index (χ4v) is 1.81. The molecule has 0 fully saturated rings. The maximum absolute atomic E-state index is 10.0. The van der Waals surface area contributed by atoms with Gasteiger partial charge >= 0.3 is 0 Å². The first kappa shape index (κ1) is 13.4. The molecule has 100 valence electrons. The van der Waals surface area contributed by atoms with E-state index in [1.165, 1.54) is 0 Å². The molecule has 4 heteroatoms. The van der Waals surface area contributed by atoms with E-state index in [4.69, 9.17) is 0 Å². The quantitative estimate of drug-likeness (QED) is 0.744. The van der Waals surface area contributed by atoms with Gasteiger partial charge < -0.3 is 15.7 Å². The number of aliphatic hydroxyl groups excluding tert-OH is 1. The van der Waals surface area contributed by atoms with E-state index in [2.05, 4.69) is 15.6 Å². The number of benzene rings is 1. The number of aliphatic hydroxyl groups is 1. The Morgan fingerprint density at radius 1 is 1.00 bits per heavy atom. The molecule has 0 bridgehead atoms. The van der Waals surface area contributed by atoms with Gasteiger partial charge in [-0.15, -0.1) is 0 Å². The van der Waals surface area contributed by atoms with Crippen LogP contribution in [0.5, 0.6) is 0 Å². The molecule has 0 radical (unpaired) electrons. The summed E-state index contributed by atoms with van der Waals surface area (Å²) in [6.45, 7) is 3.30. The van der Waals surface area contributed by atoms with E-state index < -0.39 is 6.10 Å². The number of pyridine rings is 1. The van der Waals surface area contributed by atoms with Gasteiger partial charge in [-0.1, -0.05) is 36.4 Å². The van der Waals surface area contributed by atoms with E-state index in [9.17, 15) is 5.11 Å². The molecule has 2 aromatic rings. The van der Waals surface area contributed by atoms with Gasteiger partial charge in [0.15, 0.2) is 0 Å². The van der Waals surface area contributed by atoms with Crippen LogP contribution in [0.3, 0.4) is 0 Å². The summed E-state index contributed by atoms with van der Waals surface area (Å²) >= 11 is 0. The monoisotopic (exact) mass is 257 g/mol. The molecule has 1 heterocycles. The molecule has 19 heavy (non-hydrogen) atoms. The van der Waals surface area contributed by atoms with Gasteiger partial charge in [0.2, 0.25) is 0 Å². The second-order valence-electron chi connectivity index (χ2n) is 4.25. The van der Waals surface area contributed by atoms with Crippen LogP contribution in [0.25, 0.3) is 0 Å². The summed E-state index contributed by atoms with van der Waals surface area (Å²) in [6, 6.07) is 15.3. The second-order valence-corrected chi connectivity index (χ2v) is 4.25. The summed E-state index contributed by atoms with van der Waals surface area (Å²) in [5, 5.41) is 16.3. The van der Waals surface area contributed by atoms with Gasteiger partial charge in [-0.2, -0.15) is 0 Å². The third-order valence-electron chi connectivity index (χ3n) is 2.77. The van der Waals surface area contributed by atoms with Gasteiger partial charge in [-0.25, -0.2) is 4.98 Å². The third kappa shape index (κ3) is 3.96. The van der Waals surface area contributed by atoms with Gasteiger partial charge in [0, 0.05) is 13.1 Å². The van der Waals surface area contributed by atoms with Crippen molar-refractivity contribution in [3.05, 3.63) is 54.1 Å². The van der Waals surface area contributed by atoms with Crippen molar-refractivity contribution in [1.29, 1.82) is 0 Å². The fourth-order valence-electron chi connectivity index (χ4n) is 1.81. The lowest BCUT2D eigenvalue weighted by atomic mass is 10.1. The number of hydrogen-bond acceptors (Lipinski definition) is 4. The summed E-state index contributed by atoms with van der Waals surface area (Å²) < 4.78 is 0. The van der Waals surface area contributed by atoms with Crippen LogP contribution in [0.1, 0.15) is 18.6 Å². The van der Waals surface area contributed by atoms with Crippen LogP contribution in [0.15, 0.2) is 48.5 Å². The zero-order valence-corrected chi connectivity index (χ0v) is 11.0. The first-order chi connectivity index (χ1) is 9.29. The van der Waals surface area contributed by atoms with Crippen molar-refractivity contribution < 1.29 is 5.11 Å². The van der Waals surface area contributed by atoms with E-state index in [-0.39, 0.29) is 0 Å². The first-order valence-electron chi connectivity index (χ1n) is 6.47. The van der Waals surface area contributed by atoms with Crippen molar-refractivity contribution in [1.82, 2.24) is 4.98 Å². The largest absolute Gasteiger partial charge is 0.387 e. The van der Waals surface area contributed by atoms with E-state index in [0.717, 1.165) is 23.7 Å². The lowest BCUT2D eigenvalue weighted by molar-refractivity contribution is 0.191. The maximum atomic E-state index is 10.0. The molecule has 0 aliphatic rings. The van der Waals surface area contributed by atoms with Crippen LogP contribution in [-0.2, 0) is 0 Å². The highest BCUT2D eigenvalue weighted by atomic mass is 16.3. The third-order valence-corrected chi connectivity index (χ3v) is 2.77. The molecular weight excluding hydrogens is 238 g/mol. The lowest BCUT2D eigenvalue weighted by Gasteiger charge is -2.13. The molecule has 1 aromatic heterocycles. The molecule has 3 N–H and O–H groups in total. The van der Waals surface area contributed by atoms with Crippen molar-refractivity contribution in [2.45, 2.75) is 13.0 Å². The Bertz CT molecular complexity index is 502. The topological polar surface area (TPSA) is 57.2 Å². The Morgan fingerprint density at radius 3 is 2.37 bits per heavy atom. The maximum Gasteiger partial charge on any atom is 0.128 e. The van der Waals surface area contributed by atoms with E-state index in [1.807, 2.05) is 55.5 Å². The summed E-state index contributed by atoms with van der Waals surface area (Å²) in [5.74, 6) is 1.59. The highest BCUT2D eigenvalue weighted by Gasteiger charge is 2.06. The Balaban J connectivity index is 1.93. The molecule has 1 unspecified atom stereocenters. The van der Waals surface area contributed by atoms with Gasteiger partial charge in [0.25, 0.3) is 0 Å². The molecule has 1 atom stereocenters. The molecule has 0 aliphatic carbocycles. The second kappa shape index (κ2) is 6.75. The lowest BCUT2D eigenvalue weighted by Crippen LogP contribution is -2.13. The number of nitrogens with zero attached hydrogens (tertiary/aromatic N) is 1. The predicted octanol–water partition coefficient (Wildman–Crippen LogP) is 2.66. The van der Waals surface area contributed by atoms with Crippen LogP contribution < -0.4 is 10.6 Å². The van der Waals surface area contributed by atoms with Gasteiger partial charge in [0.05, 0.1) is 6.10 Å². The van der Waals surface area contributed by atoms with Crippen molar-refractivity contribution in [3.8, 4) is 0 Å². The minimum Gasteiger partial charge on any atom is -0.387 e. The molecule has 0 saturated heterocycles. The average Bonchev–Trinajstić information content (AvgIpc) is 2.46. The molecule has 0 saturated carbocycles. The zero-order chi connectivity index (χ0) is 13.5. The molecule has 1 aromatic carbocycles. The average molecular weight is 257 g/mol. The fraction of sp³-hybridized carbons (Fsp3) is 0.267. The van der Waals surface area contributed by atoms with Gasteiger partial charge in [-0.3, -0.25) is 0 Å². The van der Waals surface area contributed by atoms with Crippen molar-refractivity contribution in [2.24, 2.45) is 0 Å². The molecule has 4 nitrogen and oxygen atoms in total. The Kier molecular flexibility index (Phi) is 4.75. The first-order valence-corrected chi connectivity index (χ1v) is 6.47. The molecular formula is C15H19N3O. The van der Waals surface area contributed by atoms with E-state index in [0.29, 0.717) is 6.54 Å². The SMILES string of the molecule is CCNc1cccc(NCC(O)c2ccccc2)n1. The minimum atomic E-state index is -0.536. The standard InChI is InChI=1S/C15H19N3O/c1-2-16-14-9-6-10-15(18-14)17-11-13(19)12-7-4-3-5-8-12/h3-10,13,19H,2,11H2,1H3,(H2,16,17,18). The Hall–Kier alpha value is -2.07. The number of hydrogen-bond donors (Lipinski definition) is 3. The van der Waals surface area contributed by atoms with Gasteiger partial charge in [-0.05, 0) is 24.6 Å². The number of rotatable bonds is 6. The van der Waals surface area contributed by atoms with Crippen molar-refractivity contribution >= 4 is 11.6 Å². The van der Waals surface area contributed by atoms with Crippen LogP contribution in [0.2, 0.25) is 0 Å². The normalized spacial score (nSPS) is 11.9. The smallest absolute Gasteiger partial charge is 0.128 e. The van der Waals surface area contributed by atoms with Crippen LogP contribution in [0, 0.1) is 0 Å². The van der Waals surface area contributed by atoms with E-state index >= 15 is 0 Å². The summed E-state index contributed by atoms with van der Waals surface area (Å²) in [4.78, 5) is 4.39. The van der Waals surface area contributed by atoms with Crippen LogP contribution >= 0.6 is 0 Å². The minimum absolute atomic E-state index is 0.437. The van der Waals surface area contributed by atoms with Crippen LogP contribution in [0.4, 0.5) is 11.6 Å². The Morgan fingerprint density at radius 2 is 1.68 bits per heavy atom. The van der Waals surface area contributed by atoms with Crippen molar-refractivity contribution in [3.63, 3.8) is 0 Å². The molecule has 0 amide bonds. The van der Waals surface area contributed by atoms with Crippen molar-refractivity contribution in [2.75, 3.05) is 23.7 Å². The highest BCUT2D eigenvalue weighted by molar-refractivity contribution is 5.45. The zero-order valence-electron chi connectivity index (χ0n) is 11.0. The Labute approximate surface area is 113 Å². The summed E-state index contributed by atoms with van der Waals surface area (Å²) in [7, 11) is 0. The van der Waals surface area contributed by atoms with E-state index in [1.54, 1.807) is 0 Å². The predicted molar refractivity (Wildman–Crippen MR) is 78.3 cm³/mol. The molecule has 0 spiro atoms. The van der Waals surface area contributed by atoms with Crippen LogP contribution in [-0.4, -0.2) is 23.2 Å². The molecule has 0 aliphatic heterocycles. The highest BCUT2D eigenvalue weighted by Crippen LogP contribution is 2.14. The number of nitrogens with one attached hydrogen (secondary N) is 2. The number of aromatic nitrogens is 1.